The van der Waals surface area contributed by atoms with E-state index in [1.165, 1.54) is 0 Å². The normalized spacial score (nSPS) is 16.0. The van der Waals surface area contributed by atoms with Crippen LogP contribution in [0, 0.1) is 0 Å². The number of carbonyl (C=O) groups is 1. The molecule has 21 heavy (non-hydrogen) atoms. The molecule has 1 N–H and O–H groups in total. The molecule has 3 nitrogen and oxygen atoms in total. The van der Waals surface area contributed by atoms with Crippen LogP contribution in [0.1, 0.15) is 11.1 Å². The van der Waals surface area contributed by atoms with E-state index in [4.69, 9.17) is 23.2 Å². The van der Waals surface area contributed by atoms with Crippen LogP contribution in [-0.4, -0.2) is 11.7 Å². The van der Waals surface area contributed by atoms with E-state index in [0.29, 0.717) is 21.6 Å². The average Bonchev–Trinajstić information content (AvgIpc) is 2.85. The molecule has 1 heterocycles. The van der Waals surface area contributed by atoms with Crippen molar-refractivity contribution < 1.29 is 4.79 Å². The molecule has 0 spiro atoms. The Bertz CT molecular complexity index is 767. The van der Waals surface area contributed by atoms with Crippen LogP contribution in [0.3, 0.4) is 0 Å². The molecule has 0 radical (unpaired) electrons. The molecular weight excluding hydrogens is 307 g/mol. The molecule has 0 unspecified atom stereocenters. The number of carbonyl (C=O) groups excluding carboxylic acids is 1. The van der Waals surface area contributed by atoms with Gasteiger partial charge in [0, 0.05) is 5.56 Å². The Morgan fingerprint density at radius 1 is 1.00 bits per heavy atom. The standard InChI is InChI=1S/C16H10Cl2N2O/c17-12-7-6-10(8-13(12)18)9-14-16(21)20-15(19-14)11-4-2-1-3-5-11/h1-9H,(H,19,20,21)/b14-9+. The van der Waals surface area contributed by atoms with Gasteiger partial charge in [-0.2, -0.15) is 0 Å². The summed E-state index contributed by atoms with van der Waals surface area (Å²) in [5.41, 5.74) is 1.98. The number of benzene rings is 2. The van der Waals surface area contributed by atoms with Gasteiger partial charge in [-0.3, -0.25) is 4.79 Å². The number of amides is 1. The first-order valence-corrected chi connectivity index (χ1v) is 7.01. The van der Waals surface area contributed by atoms with Gasteiger partial charge >= 0.3 is 0 Å². The van der Waals surface area contributed by atoms with Crippen molar-refractivity contribution in [2.45, 2.75) is 0 Å². The minimum absolute atomic E-state index is 0.236. The van der Waals surface area contributed by atoms with E-state index >= 15 is 0 Å². The Morgan fingerprint density at radius 3 is 2.48 bits per heavy atom. The third-order valence-electron chi connectivity index (χ3n) is 2.99. The highest BCUT2D eigenvalue weighted by Crippen LogP contribution is 2.24. The predicted molar refractivity (Wildman–Crippen MR) is 85.6 cm³/mol. The van der Waals surface area contributed by atoms with E-state index in [0.717, 1.165) is 11.1 Å². The van der Waals surface area contributed by atoms with Crippen molar-refractivity contribution in [3.63, 3.8) is 0 Å². The molecule has 1 aliphatic heterocycles. The van der Waals surface area contributed by atoms with Gasteiger partial charge in [0.2, 0.25) is 0 Å². The van der Waals surface area contributed by atoms with Gasteiger partial charge in [0.1, 0.15) is 11.5 Å². The Labute approximate surface area is 131 Å². The zero-order valence-corrected chi connectivity index (χ0v) is 12.3. The fraction of sp³-hybridized carbons (Fsp3) is 0. The van der Waals surface area contributed by atoms with Gasteiger partial charge in [-0.25, -0.2) is 4.99 Å². The fourth-order valence-electron chi connectivity index (χ4n) is 1.96. The van der Waals surface area contributed by atoms with Crippen molar-refractivity contribution in [1.82, 2.24) is 5.32 Å². The van der Waals surface area contributed by atoms with Crippen molar-refractivity contribution in [3.8, 4) is 0 Å². The van der Waals surface area contributed by atoms with E-state index in [9.17, 15) is 4.79 Å². The predicted octanol–water partition coefficient (Wildman–Crippen LogP) is 3.91. The van der Waals surface area contributed by atoms with Crippen LogP contribution in [0.15, 0.2) is 59.2 Å². The number of hydrogen-bond donors (Lipinski definition) is 1. The van der Waals surface area contributed by atoms with E-state index in [1.807, 2.05) is 30.3 Å². The summed E-state index contributed by atoms with van der Waals surface area (Å²) in [7, 11) is 0. The van der Waals surface area contributed by atoms with Crippen molar-refractivity contribution >= 4 is 41.0 Å². The lowest BCUT2D eigenvalue weighted by atomic mass is 10.2. The molecule has 0 aromatic heterocycles. The van der Waals surface area contributed by atoms with E-state index in [-0.39, 0.29) is 5.91 Å². The Kier molecular flexibility index (Phi) is 3.78. The maximum Gasteiger partial charge on any atom is 0.275 e. The maximum absolute atomic E-state index is 12.0. The number of halogens is 2. The molecule has 5 heteroatoms. The van der Waals surface area contributed by atoms with Crippen LogP contribution >= 0.6 is 23.2 Å². The molecule has 0 fully saturated rings. The second-order valence-corrected chi connectivity index (χ2v) is 5.30. The second kappa shape index (κ2) is 5.72. The number of aliphatic imine (C=N–C) groups is 1. The number of rotatable bonds is 2. The molecule has 0 bridgehead atoms. The third kappa shape index (κ3) is 2.99. The topological polar surface area (TPSA) is 41.5 Å². The number of nitrogens with zero attached hydrogens (tertiary/aromatic N) is 1. The summed E-state index contributed by atoms with van der Waals surface area (Å²) >= 11 is 11.8. The zero-order chi connectivity index (χ0) is 14.8. The van der Waals surface area contributed by atoms with Gasteiger partial charge in [-0.15, -0.1) is 0 Å². The molecule has 104 valence electrons. The number of amidine groups is 1. The van der Waals surface area contributed by atoms with Crippen LogP contribution in [0.4, 0.5) is 0 Å². The first kappa shape index (κ1) is 13.9. The molecular formula is C16H10Cl2N2O. The molecule has 0 aliphatic carbocycles. The van der Waals surface area contributed by atoms with Crippen molar-refractivity contribution in [1.29, 1.82) is 0 Å². The molecule has 2 aromatic rings. The van der Waals surface area contributed by atoms with Gasteiger partial charge in [0.15, 0.2) is 0 Å². The summed E-state index contributed by atoms with van der Waals surface area (Å²) < 4.78 is 0. The SMILES string of the molecule is O=C1NC(c2ccccc2)=N/C1=C/c1ccc(Cl)c(Cl)c1. The first-order valence-electron chi connectivity index (χ1n) is 6.26. The smallest absolute Gasteiger partial charge is 0.275 e. The summed E-state index contributed by atoms with van der Waals surface area (Å²) in [6.45, 7) is 0. The van der Waals surface area contributed by atoms with Gasteiger partial charge in [-0.05, 0) is 23.8 Å². The third-order valence-corrected chi connectivity index (χ3v) is 3.73. The highest BCUT2D eigenvalue weighted by molar-refractivity contribution is 6.42. The summed E-state index contributed by atoms with van der Waals surface area (Å²) in [6, 6.07) is 14.6. The Morgan fingerprint density at radius 2 is 1.76 bits per heavy atom. The summed E-state index contributed by atoms with van der Waals surface area (Å²) in [6.07, 6.45) is 1.67. The Hall–Kier alpha value is -2.10. The highest BCUT2D eigenvalue weighted by Gasteiger charge is 2.20. The van der Waals surface area contributed by atoms with Crippen LogP contribution in [-0.2, 0) is 4.79 Å². The lowest BCUT2D eigenvalue weighted by Crippen LogP contribution is -2.24. The summed E-state index contributed by atoms with van der Waals surface area (Å²) in [5, 5.41) is 3.67. The van der Waals surface area contributed by atoms with Gasteiger partial charge in [0.25, 0.3) is 5.91 Å². The zero-order valence-electron chi connectivity index (χ0n) is 10.8. The molecule has 0 saturated heterocycles. The monoisotopic (exact) mass is 316 g/mol. The minimum Gasteiger partial charge on any atom is -0.305 e. The lowest BCUT2D eigenvalue weighted by molar-refractivity contribution is -0.115. The van der Waals surface area contributed by atoms with E-state index in [1.54, 1.807) is 24.3 Å². The van der Waals surface area contributed by atoms with Crippen molar-refractivity contribution in [2.24, 2.45) is 4.99 Å². The largest absolute Gasteiger partial charge is 0.305 e. The average molecular weight is 317 g/mol. The summed E-state index contributed by atoms with van der Waals surface area (Å²) in [4.78, 5) is 16.3. The Balaban J connectivity index is 1.95. The van der Waals surface area contributed by atoms with Gasteiger partial charge in [0.05, 0.1) is 10.0 Å². The van der Waals surface area contributed by atoms with Crippen LogP contribution < -0.4 is 5.32 Å². The minimum atomic E-state index is -0.236. The van der Waals surface area contributed by atoms with E-state index < -0.39 is 0 Å². The summed E-state index contributed by atoms with van der Waals surface area (Å²) in [5.74, 6) is 0.312. The quantitative estimate of drug-likeness (QED) is 0.838. The lowest BCUT2D eigenvalue weighted by Gasteiger charge is -1.98. The van der Waals surface area contributed by atoms with E-state index in [2.05, 4.69) is 10.3 Å². The second-order valence-electron chi connectivity index (χ2n) is 4.48. The molecule has 1 amide bonds. The fourth-order valence-corrected chi connectivity index (χ4v) is 2.27. The maximum atomic E-state index is 12.0. The number of nitrogens with one attached hydrogen (secondary N) is 1. The number of hydrogen-bond acceptors (Lipinski definition) is 2. The molecule has 3 rings (SSSR count). The van der Waals surface area contributed by atoms with Gasteiger partial charge < -0.3 is 5.32 Å². The van der Waals surface area contributed by atoms with Crippen molar-refractivity contribution in [3.05, 3.63) is 75.4 Å². The van der Waals surface area contributed by atoms with Crippen LogP contribution in [0.5, 0.6) is 0 Å². The first-order chi connectivity index (χ1) is 10.1. The van der Waals surface area contributed by atoms with Crippen LogP contribution in [0.2, 0.25) is 10.0 Å². The molecule has 0 saturated carbocycles. The van der Waals surface area contributed by atoms with Gasteiger partial charge in [-0.1, -0.05) is 59.6 Å². The van der Waals surface area contributed by atoms with Crippen LogP contribution in [0.25, 0.3) is 6.08 Å². The molecule has 0 atom stereocenters. The molecule has 2 aromatic carbocycles. The molecule has 1 aliphatic rings. The highest BCUT2D eigenvalue weighted by atomic mass is 35.5. The van der Waals surface area contributed by atoms with Crippen molar-refractivity contribution in [2.75, 3.05) is 0 Å².